The van der Waals surface area contributed by atoms with Crippen molar-refractivity contribution in [2.45, 2.75) is 11.7 Å². The maximum atomic E-state index is 9.07. The van der Waals surface area contributed by atoms with Gasteiger partial charge in [0.25, 0.3) is 0 Å². The van der Waals surface area contributed by atoms with Gasteiger partial charge in [0.05, 0.1) is 19.8 Å². The highest BCUT2D eigenvalue weighted by Gasteiger charge is 2.55. The minimum absolute atomic E-state index is 0.264. The van der Waals surface area contributed by atoms with Crippen LogP contribution in [0.4, 0.5) is 0 Å². The quantitative estimate of drug-likeness (QED) is 0.419. The van der Waals surface area contributed by atoms with Gasteiger partial charge < -0.3 is 14.6 Å². The van der Waals surface area contributed by atoms with Crippen LogP contribution in [0, 0.1) is 0 Å². The van der Waals surface area contributed by atoms with Gasteiger partial charge >= 0.3 is 0 Å². The fourth-order valence-electron chi connectivity index (χ4n) is 0.960. The minimum Gasteiger partial charge on any atom is -0.388 e. The lowest BCUT2D eigenvalue weighted by atomic mass is 10.1. The second-order valence-corrected chi connectivity index (χ2v) is 2.38. The Morgan fingerprint density at radius 2 is 2.25 bits per heavy atom. The van der Waals surface area contributed by atoms with Gasteiger partial charge in [0.2, 0.25) is 0 Å². The third-order valence-electron chi connectivity index (χ3n) is 1.74. The van der Waals surface area contributed by atoms with Crippen LogP contribution in [-0.4, -0.2) is 36.6 Å². The highest BCUT2D eigenvalue weighted by Crippen LogP contribution is 2.35. The van der Waals surface area contributed by atoms with E-state index in [2.05, 4.69) is 0 Å². The van der Waals surface area contributed by atoms with E-state index < -0.39 is 0 Å². The Kier molecular flexibility index (Phi) is 0.730. The molecule has 3 nitrogen and oxygen atoms in total. The number of ether oxygens (including phenoxy) is 2. The fourth-order valence-corrected chi connectivity index (χ4v) is 0.960. The molecule has 0 bridgehead atoms. The van der Waals surface area contributed by atoms with Crippen molar-refractivity contribution < 1.29 is 14.6 Å². The first kappa shape index (κ1) is 4.73. The average Bonchev–Trinajstić information content (AvgIpc) is 2.39. The monoisotopic (exact) mass is 116 g/mol. The molecule has 2 aliphatic rings. The zero-order valence-electron chi connectivity index (χ0n) is 4.46. The zero-order chi connectivity index (χ0) is 5.61. The number of hydrogen-bond acceptors (Lipinski definition) is 3. The molecular formula is C5H8O3. The van der Waals surface area contributed by atoms with E-state index in [9.17, 15) is 0 Å². The van der Waals surface area contributed by atoms with Crippen LogP contribution in [0.5, 0.6) is 0 Å². The largest absolute Gasteiger partial charge is 0.388 e. The van der Waals surface area contributed by atoms with Crippen LogP contribution in [0.3, 0.4) is 0 Å². The molecule has 0 saturated carbocycles. The molecule has 2 unspecified atom stereocenters. The van der Waals surface area contributed by atoms with E-state index in [-0.39, 0.29) is 11.7 Å². The van der Waals surface area contributed by atoms with Gasteiger partial charge in [-0.3, -0.25) is 0 Å². The molecule has 0 radical (unpaired) electrons. The van der Waals surface area contributed by atoms with Crippen molar-refractivity contribution in [1.82, 2.24) is 0 Å². The highest BCUT2D eigenvalue weighted by molar-refractivity contribution is 5.02. The van der Waals surface area contributed by atoms with Gasteiger partial charge in [-0.05, 0) is 0 Å². The standard InChI is InChI=1S/C5H8O3/c6-4-1-7-2-5(4)3-8-5/h4,6H,1-3H2. The van der Waals surface area contributed by atoms with E-state index in [1.54, 1.807) is 0 Å². The molecular weight excluding hydrogens is 108 g/mol. The molecule has 2 heterocycles. The van der Waals surface area contributed by atoms with Gasteiger partial charge in [-0.1, -0.05) is 0 Å². The first-order valence-corrected chi connectivity index (χ1v) is 2.73. The topological polar surface area (TPSA) is 42.0 Å². The molecule has 2 aliphatic heterocycles. The van der Waals surface area contributed by atoms with Crippen LogP contribution in [0.15, 0.2) is 0 Å². The van der Waals surface area contributed by atoms with Crippen molar-refractivity contribution >= 4 is 0 Å². The summed E-state index contributed by atoms with van der Waals surface area (Å²) in [5.74, 6) is 0. The third kappa shape index (κ3) is 0.438. The van der Waals surface area contributed by atoms with Crippen LogP contribution in [-0.2, 0) is 9.47 Å². The molecule has 0 aromatic rings. The van der Waals surface area contributed by atoms with Crippen LogP contribution in [0.2, 0.25) is 0 Å². The predicted molar refractivity (Wildman–Crippen MR) is 25.5 cm³/mol. The molecule has 0 aromatic heterocycles. The Morgan fingerprint density at radius 1 is 1.50 bits per heavy atom. The molecule has 46 valence electrons. The highest BCUT2D eigenvalue weighted by atomic mass is 16.6. The summed E-state index contributed by atoms with van der Waals surface area (Å²) in [5, 5.41) is 9.07. The van der Waals surface area contributed by atoms with Crippen molar-refractivity contribution in [1.29, 1.82) is 0 Å². The molecule has 8 heavy (non-hydrogen) atoms. The van der Waals surface area contributed by atoms with Crippen molar-refractivity contribution in [2.24, 2.45) is 0 Å². The van der Waals surface area contributed by atoms with Crippen LogP contribution in [0.1, 0.15) is 0 Å². The smallest absolute Gasteiger partial charge is 0.143 e. The summed E-state index contributed by atoms with van der Waals surface area (Å²) in [4.78, 5) is 0. The van der Waals surface area contributed by atoms with E-state index in [4.69, 9.17) is 14.6 Å². The maximum Gasteiger partial charge on any atom is 0.143 e. The Labute approximate surface area is 47.2 Å². The molecule has 1 spiro atoms. The van der Waals surface area contributed by atoms with E-state index in [0.29, 0.717) is 19.8 Å². The van der Waals surface area contributed by atoms with Gasteiger partial charge in [0, 0.05) is 0 Å². The normalized spacial score (nSPS) is 52.9. The van der Waals surface area contributed by atoms with Crippen molar-refractivity contribution in [2.75, 3.05) is 19.8 Å². The van der Waals surface area contributed by atoms with E-state index >= 15 is 0 Å². The third-order valence-corrected chi connectivity index (χ3v) is 1.74. The summed E-state index contributed by atoms with van der Waals surface area (Å²) in [6, 6.07) is 0. The van der Waals surface area contributed by atoms with Crippen molar-refractivity contribution in [3.63, 3.8) is 0 Å². The lowest BCUT2D eigenvalue weighted by Crippen LogP contribution is -2.26. The molecule has 0 amide bonds. The van der Waals surface area contributed by atoms with Crippen molar-refractivity contribution in [3.05, 3.63) is 0 Å². The second kappa shape index (κ2) is 1.23. The number of aliphatic hydroxyl groups excluding tert-OH is 1. The molecule has 2 atom stereocenters. The Balaban J connectivity index is 2.12. The molecule has 0 aromatic carbocycles. The lowest BCUT2D eigenvalue weighted by Gasteiger charge is -2.01. The van der Waals surface area contributed by atoms with E-state index in [0.717, 1.165) is 0 Å². The Hall–Kier alpha value is -0.120. The maximum absolute atomic E-state index is 9.07. The molecule has 0 aliphatic carbocycles. The van der Waals surface area contributed by atoms with Crippen molar-refractivity contribution in [3.8, 4) is 0 Å². The summed E-state index contributed by atoms with van der Waals surface area (Å²) in [6.45, 7) is 1.70. The summed E-state index contributed by atoms with van der Waals surface area (Å²) in [5.41, 5.74) is -0.264. The van der Waals surface area contributed by atoms with Gasteiger partial charge in [-0.25, -0.2) is 0 Å². The Morgan fingerprint density at radius 3 is 2.50 bits per heavy atom. The molecule has 2 rings (SSSR count). The van der Waals surface area contributed by atoms with Crippen LogP contribution < -0.4 is 0 Å². The van der Waals surface area contributed by atoms with E-state index in [1.807, 2.05) is 0 Å². The summed E-state index contributed by atoms with van der Waals surface area (Å²) in [7, 11) is 0. The fraction of sp³-hybridized carbons (Fsp3) is 1.00. The van der Waals surface area contributed by atoms with Gasteiger partial charge in [0.15, 0.2) is 0 Å². The summed E-state index contributed by atoms with van der Waals surface area (Å²) >= 11 is 0. The number of epoxide rings is 1. The number of aliphatic hydroxyl groups is 1. The lowest BCUT2D eigenvalue weighted by molar-refractivity contribution is 0.105. The molecule has 2 fully saturated rings. The number of hydrogen-bond donors (Lipinski definition) is 1. The average molecular weight is 116 g/mol. The molecule has 3 heteroatoms. The minimum atomic E-state index is -0.373. The second-order valence-electron chi connectivity index (χ2n) is 2.38. The first-order chi connectivity index (χ1) is 3.83. The Bertz CT molecular complexity index is 108. The first-order valence-electron chi connectivity index (χ1n) is 2.73. The molecule has 1 N–H and O–H groups in total. The predicted octanol–water partition coefficient (Wildman–Crippen LogP) is -0.854. The van der Waals surface area contributed by atoms with Crippen LogP contribution in [0.25, 0.3) is 0 Å². The summed E-state index contributed by atoms with van der Waals surface area (Å²) in [6.07, 6.45) is -0.373. The van der Waals surface area contributed by atoms with Crippen LogP contribution >= 0.6 is 0 Å². The van der Waals surface area contributed by atoms with Gasteiger partial charge in [-0.2, -0.15) is 0 Å². The zero-order valence-corrected chi connectivity index (χ0v) is 4.46. The number of rotatable bonds is 0. The van der Waals surface area contributed by atoms with Gasteiger partial charge in [0.1, 0.15) is 11.7 Å². The summed E-state index contributed by atoms with van der Waals surface area (Å²) < 4.78 is 9.95. The van der Waals surface area contributed by atoms with Gasteiger partial charge in [-0.15, -0.1) is 0 Å². The molecule has 2 saturated heterocycles. The SMILES string of the molecule is OC1COCC12CO2. The van der Waals surface area contributed by atoms with E-state index in [1.165, 1.54) is 0 Å².